The van der Waals surface area contributed by atoms with Gasteiger partial charge in [-0.15, -0.1) is 0 Å². The Balaban J connectivity index is 2.52. The molecule has 1 aliphatic rings. The molecule has 2 nitrogen and oxygen atoms in total. The molecule has 1 saturated heterocycles. The van der Waals surface area contributed by atoms with E-state index in [-0.39, 0.29) is 5.91 Å². The van der Waals surface area contributed by atoms with E-state index < -0.39 is 0 Å². The van der Waals surface area contributed by atoms with Crippen molar-refractivity contribution in [3.05, 3.63) is 12.8 Å². The first-order valence-electron chi connectivity index (χ1n) is 6.20. The van der Waals surface area contributed by atoms with E-state index in [0.717, 1.165) is 25.3 Å². The van der Waals surface area contributed by atoms with Crippen molar-refractivity contribution in [2.24, 2.45) is 5.92 Å². The molecule has 1 amide bonds. The molecule has 1 aliphatic heterocycles. The van der Waals surface area contributed by atoms with Crippen LogP contribution in [0.1, 0.15) is 51.9 Å². The van der Waals surface area contributed by atoms with Crippen molar-refractivity contribution < 1.29 is 4.79 Å². The number of hydrogen-bond acceptors (Lipinski definition) is 1. The van der Waals surface area contributed by atoms with Crippen LogP contribution in [0.25, 0.3) is 0 Å². The van der Waals surface area contributed by atoms with Crippen LogP contribution in [-0.4, -0.2) is 17.4 Å². The molecule has 2 heteroatoms. The fraction of sp³-hybridized carbons (Fsp3) is 0.769. The van der Waals surface area contributed by atoms with Gasteiger partial charge in [-0.25, -0.2) is 0 Å². The molecular weight excluding hydrogens is 186 g/mol. The standard InChI is InChI=1S/C13H23NO/c1-3-12-8-6-5-7-9-13(15)14(4-2)11-10-12/h4,12H,2-3,5-11H2,1H3. The summed E-state index contributed by atoms with van der Waals surface area (Å²) in [5.74, 6) is 1.04. The highest BCUT2D eigenvalue weighted by Gasteiger charge is 2.14. The second-order valence-electron chi connectivity index (χ2n) is 4.43. The summed E-state index contributed by atoms with van der Waals surface area (Å²) in [6.45, 7) is 6.83. The number of amides is 1. The Labute approximate surface area is 93.3 Å². The largest absolute Gasteiger partial charge is 0.320 e. The number of rotatable bonds is 2. The summed E-state index contributed by atoms with van der Waals surface area (Å²) < 4.78 is 0. The molecule has 0 aromatic rings. The Hall–Kier alpha value is -0.790. The third kappa shape index (κ3) is 4.06. The number of hydrogen-bond donors (Lipinski definition) is 0. The zero-order valence-electron chi connectivity index (χ0n) is 9.87. The van der Waals surface area contributed by atoms with Crippen molar-refractivity contribution in [3.63, 3.8) is 0 Å². The van der Waals surface area contributed by atoms with Gasteiger partial charge in [-0.3, -0.25) is 4.79 Å². The molecule has 0 saturated carbocycles. The lowest BCUT2D eigenvalue weighted by atomic mass is 9.94. The molecule has 0 bridgehead atoms. The minimum atomic E-state index is 0.252. The summed E-state index contributed by atoms with van der Waals surface area (Å²) in [4.78, 5) is 13.5. The van der Waals surface area contributed by atoms with Gasteiger partial charge in [-0.05, 0) is 25.0 Å². The van der Waals surface area contributed by atoms with E-state index in [1.165, 1.54) is 25.7 Å². The smallest absolute Gasteiger partial charge is 0.226 e. The maximum Gasteiger partial charge on any atom is 0.226 e. The van der Waals surface area contributed by atoms with Crippen molar-refractivity contribution in [1.82, 2.24) is 4.90 Å². The summed E-state index contributed by atoms with van der Waals surface area (Å²) in [5, 5.41) is 0. The molecule has 1 unspecified atom stereocenters. The van der Waals surface area contributed by atoms with Crippen LogP contribution in [-0.2, 0) is 4.79 Å². The average molecular weight is 209 g/mol. The topological polar surface area (TPSA) is 20.3 Å². The molecule has 0 spiro atoms. The second-order valence-corrected chi connectivity index (χ2v) is 4.43. The van der Waals surface area contributed by atoms with Crippen LogP contribution in [0, 0.1) is 5.92 Å². The molecule has 0 aromatic heterocycles. The SMILES string of the molecule is C=CN1CCC(CC)CCCCCC1=O. The van der Waals surface area contributed by atoms with Crippen molar-refractivity contribution in [3.8, 4) is 0 Å². The molecule has 0 aliphatic carbocycles. The van der Waals surface area contributed by atoms with Crippen molar-refractivity contribution in [1.29, 1.82) is 0 Å². The summed E-state index contributed by atoms with van der Waals surface area (Å²) in [5.41, 5.74) is 0. The summed E-state index contributed by atoms with van der Waals surface area (Å²) in [6, 6.07) is 0. The second kappa shape index (κ2) is 6.65. The summed E-state index contributed by atoms with van der Waals surface area (Å²) in [7, 11) is 0. The van der Waals surface area contributed by atoms with Crippen molar-refractivity contribution in [2.45, 2.75) is 51.9 Å². The van der Waals surface area contributed by atoms with Crippen LogP contribution >= 0.6 is 0 Å². The molecule has 86 valence electrons. The van der Waals surface area contributed by atoms with Crippen LogP contribution in [0.3, 0.4) is 0 Å². The Morgan fingerprint density at radius 2 is 2.20 bits per heavy atom. The van der Waals surface area contributed by atoms with Gasteiger partial charge in [0.1, 0.15) is 0 Å². The molecule has 1 heterocycles. The lowest BCUT2D eigenvalue weighted by molar-refractivity contribution is -0.129. The fourth-order valence-electron chi connectivity index (χ4n) is 2.22. The highest BCUT2D eigenvalue weighted by Crippen LogP contribution is 2.20. The Bertz CT molecular complexity index is 213. The van der Waals surface area contributed by atoms with E-state index in [4.69, 9.17) is 0 Å². The molecular formula is C13H23NO. The van der Waals surface area contributed by atoms with Gasteiger partial charge in [0.15, 0.2) is 0 Å². The van der Waals surface area contributed by atoms with Gasteiger partial charge in [0.25, 0.3) is 0 Å². The van der Waals surface area contributed by atoms with E-state index >= 15 is 0 Å². The van der Waals surface area contributed by atoms with E-state index in [1.807, 2.05) is 0 Å². The van der Waals surface area contributed by atoms with Gasteiger partial charge in [0.05, 0.1) is 0 Å². The first-order valence-corrected chi connectivity index (χ1v) is 6.20. The van der Waals surface area contributed by atoms with Gasteiger partial charge < -0.3 is 4.90 Å². The van der Waals surface area contributed by atoms with Gasteiger partial charge >= 0.3 is 0 Å². The maximum absolute atomic E-state index is 11.7. The zero-order valence-corrected chi connectivity index (χ0v) is 9.87. The van der Waals surface area contributed by atoms with E-state index in [0.29, 0.717) is 6.42 Å². The van der Waals surface area contributed by atoms with E-state index in [9.17, 15) is 4.79 Å². The predicted molar refractivity (Wildman–Crippen MR) is 63.4 cm³/mol. The van der Waals surface area contributed by atoms with Gasteiger partial charge in [-0.1, -0.05) is 39.2 Å². The molecule has 15 heavy (non-hydrogen) atoms. The van der Waals surface area contributed by atoms with Crippen LogP contribution < -0.4 is 0 Å². The van der Waals surface area contributed by atoms with Gasteiger partial charge in [0, 0.05) is 13.0 Å². The average Bonchev–Trinajstić information content (AvgIpc) is 2.26. The Morgan fingerprint density at radius 1 is 1.40 bits per heavy atom. The van der Waals surface area contributed by atoms with E-state index in [2.05, 4.69) is 13.5 Å². The third-order valence-corrected chi connectivity index (χ3v) is 3.40. The Morgan fingerprint density at radius 3 is 2.87 bits per heavy atom. The maximum atomic E-state index is 11.7. The summed E-state index contributed by atoms with van der Waals surface area (Å²) >= 11 is 0. The van der Waals surface area contributed by atoms with Gasteiger partial charge in [0.2, 0.25) is 5.91 Å². The van der Waals surface area contributed by atoms with Crippen LogP contribution in [0.15, 0.2) is 12.8 Å². The minimum absolute atomic E-state index is 0.252. The van der Waals surface area contributed by atoms with Crippen molar-refractivity contribution >= 4 is 5.91 Å². The predicted octanol–water partition coefficient (Wildman–Crippen LogP) is 3.34. The molecule has 1 rings (SSSR count). The van der Waals surface area contributed by atoms with Crippen LogP contribution in [0.5, 0.6) is 0 Å². The van der Waals surface area contributed by atoms with Gasteiger partial charge in [-0.2, -0.15) is 0 Å². The number of nitrogens with zero attached hydrogens (tertiary/aromatic N) is 1. The quantitative estimate of drug-likeness (QED) is 0.683. The van der Waals surface area contributed by atoms with Crippen molar-refractivity contribution in [2.75, 3.05) is 6.54 Å². The molecule has 0 radical (unpaired) electrons. The summed E-state index contributed by atoms with van der Waals surface area (Å²) in [6.07, 6.45) is 9.62. The first kappa shape index (κ1) is 12.3. The first-order chi connectivity index (χ1) is 7.27. The fourth-order valence-corrected chi connectivity index (χ4v) is 2.22. The zero-order chi connectivity index (χ0) is 11.1. The molecule has 1 atom stereocenters. The normalized spacial score (nSPS) is 25.0. The van der Waals surface area contributed by atoms with Crippen LogP contribution in [0.2, 0.25) is 0 Å². The minimum Gasteiger partial charge on any atom is -0.320 e. The monoisotopic (exact) mass is 209 g/mol. The molecule has 0 N–H and O–H groups in total. The lowest BCUT2D eigenvalue weighted by Gasteiger charge is -2.23. The molecule has 0 aromatic carbocycles. The number of carbonyl (C=O) groups excluding carboxylic acids is 1. The third-order valence-electron chi connectivity index (χ3n) is 3.40. The molecule has 1 fully saturated rings. The van der Waals surface area contributed by atoms with E-state index in [1.54, 1.807) is 11.1 Å². The highest BCUT2D eigenvalue weighted by atomic mass is 16.2. The lowest BCUT2D eigenvalue weighted by Crippen LogP contribution is -2.28. The number of carbonyl (C=O) groups is 1. The Kier molecular flexibility index (Phi) is 5.44. The van der Waals surface area contributed by atoms with Crippen LogP contribution in [0.4, 0.5) is 0 Å². The highest BCUT2D eigenvalue weighted by molar-refractivity contribution is 5.77.